The number of morpholine rings is 1. The van der Waals surface area contributed by atoms with Gasteiger partial charge in [0.15, 0.2) is 0 Å². The van der Waals surface area contributed by atoms with E-state index >= 15 is 0 Å². The molecule has 2 rings (SSSR count). The van der Waals surface area contributed by atoms with Gasteiger partial charge in [-0.05, 0) is 12.8 Å². The minimum Gasteiger partial charge on any atom is -0.366 e. The Labute approximate surface area is 90.8 Å². The molecule has 86 valence electrons. The Morgan fingerprint density at radius 2 is 2.07 bits per heavy atom. The van der Waals surface area contributed by atoms with Crippen LogP contribution in [0.2, 0.25) is 0 Å². The first-order valence-electron chi connectivity index (χ1n) is 5.99. The lowest BCUT2D eigenvalue weighted by molar-refractivity contribution is -0.135. The van der Waals surface area contributed by atoms with Gasteiger partial charge in [0.25, 0.3) is 5.91 Å². The number of hydrogen-bond acceptors (Lipinski definition) is 3. The zero-order valence-corrected chi connectivity index (χ0v) is 9.13. The van der Waals surface area contributed by atoms with Crippen molar-refractivity contribution >= 4 is 5.91 Å². The van der Waals surface area contributed by atoms with E-state index in [1.165, 1.54) is 19.3 Å². The van der Waals surface area contributed by atoms with Gasteiger partial charge >= 0.3 is 0 Å². The maximum absolute atomic E-state index is 11.8. The third kappa shape index (κ3) is 3.18. The Morgan fingerprint density at radius 1 is 1.27 bits per heavy atom. The molecule has 2 N–H and O–H groups in total. The number of ether oxygens (including phenoxy) is 1. The molecule has 0 aromatic rings. The normalized spacial score (nSPS) is 28.7. The van der Waals surface area contributed by atoms with Crippen LogP contribution in [0, 0.1) is 0 Å². The third-order valence-electron chi connectivity index (χ3n) is 3.17. The van der Waals surface area contributed by atoms with E-state index in [0.29, 0.717) is 19.2 Å². The number of rotatable bonds is 2. The number of amides is 1. The van der Waals surface area contributed by atoms with Crippen LogP contribution in [0.4, 0.5) is 0 Å². The highest BCUT2D eigenvalue weighted by molar-refractivity contribution is 5.81. The highest BCUT2D eigenvalue weighted by Crippen LogP contribution is 2.17. The molecular weight excluding hydrogens is 192 g/mol. The van der Waals surface area contributed by atoms with Gasteiger partial charge in [-0.2, -0.15) is 0 Å². The van der Waals surface area contributed by atoms with E-state index in [4.69, 9.17) is 4.74 Å². The maximum atomic E-state index is 11.8. The van der Waals surface area contributed by atoms with Crippen molar-refractivity contribution in [3.05, 3.63) is 0 Å². The second-order valence-electron chi connectivity index (χ2n) is 4.41. The molecule has 1 saturated carbocycles. The second-order valence-corrected chi connectivity index (χ2v) is 4.41. The van der Waals surface area contributed by atoms with Gasteiger partial charge in [-0.1, -0.05) is 19.3 Å². The van der Waals surface area contributed by atoms with Gasteiger partial charge in [0.1, 0.15) is 6.10 Å². The summed E-state index contributed by atoms with van der Waals surface area (Å²) in [5.74, 6) is 0.0640. The van der Waals surface area contributed by atoms with Crippen LogP contribution in [0.5, 0.6) is 0 Å². The van der Waals surface area contributed by atoms with Crippen molar-refractivity contribution in [1.29, 1.82) is 0 Å². The summed E-state index contributed by atoms with van der Waals surface area (Å²) in [4.78, 5) is 11.8. The smallest absolute Gasteiger partial charge is 0.250 e. The van der Waals surface area contributed by atoms with Crippen LogP contribution in [0.3, 0.4) is 0 Å². The average molecular weight is 212 g/mol. The predicted molar refractivity (Wildman–Crippen MR) is 57.6 cm³/mol. The summed E-state index contributed by atoms with van der Waals surface area (Å²) in [5, 5.41) is 6.25. The summed E-state index contributed by atoms with van der Waals surface area (Å²) in [5.41, 5.74) is 0. The first kappa shape index (κ1) is 10.9. The molecule has 0 spiro atoms. The van der Waals surface area contributed by atoms with Crippen molar-refractivity contribution in [3.63, 3.8) is 0 Å². The molecule has 0 bridgehead atoms. The highest BCUT2D eigenvalue weighted by Gasteiger charge is 2.24. The Kier molecular flexibility index (Phi) is 3.97. The minimum atomic E-state index is -0.277. The lowest BCUT2D eigenvalue weighted by Crippen LogP contribution is -2.50. The van der Waals surface area contributed by atoms with Crippen molar-refractivity contribution in [2.45, 2.75) is 44.2 Å². The fourth-order valence-electron chi connectivity index (χ4n) is 2.27. The summed E-state index contributed by atoms with van der Waals surface area (Å²) >= 11 is 0. The third-order valence-corrected chi connectivity index (χ3v) is 3.17. The molecule has 1 atom stereocenters. The van der Waals surface area contributed by atoms with Gasteiger partial charge in [-0.3, -0.25) is 4.79 Å². The van der Waals surface area contributed by atoms with Crippen LogP contribution in [0.25, 0.3) is 0 Å². The molecule has 4 heteroatoms. The van der Waals surface area contributed by atoms with Crippen LogP contribution < -0.4 is 10.6 Å². The van der Waals surface area contributed by atoms with E-state index in [1.54, 1.807) is 0 Å². The summed E-state index contributed by atoms with van der Waals surface area (Å²) in [6, 6.07) is 0.386. The van der Waals surface area contributed by atoms with E-state index in [2.05, 4.69) is 10.6 Å². The lowest BCUT2D eigenvalue weighted by atomic mass is 9.95. The standard InChI is InChI=1S/C11H20N2O2/c14-11(10-8-12-6-7-15-10)13-9-4-2-1-3-5-9/h9-10,12H,1-8H2,(H,13,14)/t10-/m0/s1. The van der Waals surface area contributed by atoms with Crippen LogP contribution in [-0.2, 0) is 9.53 Å². The van der Waals surface area contributed by atoms with E-state index in [9.17, 15) is 4.79 Å². The Balaban J connectivity index is 1.74. The molecule has 15 heavy (non-hydrogen) atoms. The topological polar surface area (TPSA) is 50.4 Å². The molecule has 1 aliphatic carbocycles. The number of carbonyl (C=O) groups is 1. The molecule has 2 fully saturated rings. The van der Waals surface area contributed by atoms with Gasteiger partial charge in [0.2, 0.25) is 0 Å². The van der Waals surface area contributed by atoms with Crippen molar-refractivity contribution in [3.8, 4) is 0 Å². The minimum absolute atomic E-state index is 0.0640. The SMILES string of the molecule is O=C(NC1CCCCC1)[C@@H]1CNCCO1. The monoisotopic (exact) mass is 212 g/mol. The molecule has 1 amide bonds. The molecule has 4 nitrogen and oxygen atoms in total. The molecule has 0 unspecified atom stereocenters. The molecule has 1 aliphatic heterocycles. The summed E-state index contributed by atoms with van der Waals surface area (Å²) in [7, 11) is 0. The Hall–Kier alpha value is -0.610. The van der Waals surface area contributed by atoms with Gasteiger partial charge in [-0.15, -0.1) is 0 Å². The van der Waals surface area contributed by atoms with E-state index in [-0.39, 0.29) is 12.0 Å². The quantitative estimate of drug-likeness (QED) is 0.697. The molecule has 0 radical (unpaired) electrons. The fraction of sp³-hybridized carbons (Fsp3) is 0.909. The van der Waals surface area contributed by atoms with Crippen molar-refractivity contribution in [2.24, 2.45) is 0 Å². The fourth-order valence-corrected chi connectivity index (χ4v) is 2.27. The van der Waals surface area contributed by atoms with Crippen LogP contribution >= 0.6 is 0 Å². The summed E-state index contributed by atoms with van der Waals surface area (Å²) < 4.78 is 5.41. The van der Waals surface area contributed by atoms with Crippen LogP contribution in [-0.4, -0.2) is 37.7 Å². The van der Waals surface area contributed by atoms with Gasteiger partial charge in [0, 0.05) is 19.1 Å². The first-order valence-corrected chi connectivity index (χ1v) is 5.99. The number of carbonyl (C=O) groups excluding carboxylic acids is 1. The molecule has 2 aliphatic rings. The molecule has 0 aromatic carbocycles. The second kappa shape index (κ2) is 5.47. The van der Waals surface area contributed by atoms with Crippen molar-refractivity contribution in [2.75, 3.05) is 19.7 Å². The number of hydrogen-bond donors (Lipinski definition) is 2. The zero-order valence-electron chi connectivity index (χ0n) is 9.13. The highest BCUT2D eigenvalue weighted by atomic mass is 16.5. The average Bonchev–Trinajstić information content (AvgIpc) is 2.31. The number of nitrogens with one attached hydrogen (secondary N) is 2. The summed E-state index contributed by atoms with van der Waals surface area (Å²) in [6.07, 6.45) is 5.79. The zero-order chi connectivity index (χ0) is 10.5. The molecule has 1 saturated heterocycles. The largest absolute Gasteiger partial charge is 0.366 e. The van der Waals surface area contributed by atoms with Crippen LogP contribution in [0.1, 0.15) is 32.1 Å². The molecular formula is C11H20N2O2. The lowest BCUT2D eigenvalue weighted by Gasteiger charge is -2.27. The molecule has 0 aromatic heterocycles. The van der Waals surface area contributed by atoms with Gasteiger partial charge in [-0.25, -0.2) is 0 Å². The Morgan fingerprint density at radius 3 is 2.73 bits per heavy atom. The van der Waals surface area contributed by atoms with Crippen molar-refractivity contribution in [1.82, 2.24) is 10.6 Å². The first-order chi connectivity index (χ1) is 7.36. The predicted octanol–water partition coefficient (Wildman–Crippen LogP) is 0.424. The van der Waals surface area contributed by atoms with E-state index in [0.717, 1.165) is 19.4 Å². The van der Waals surface area contributed by atoms with Gasteiger partial charge in [0.05, 0.1) is 6.61 Å². The van der Waals surface area contributed by atoms with E-state index in [1.807, 2.05) is 0 Å². The van der Waals surface area contributed by atoms with Crippen LogP contribution in [0.15, 0.2) is 0 Å². The van der Waals surface area contributed by atoms with Gasteiger partial charge < -0.3 is 15.4 Å². The summed E-state index contributed by atoms with van der Waals surface area (Å²) in [6.45, 7) is 2.15. The van der Waals surface area contributed by atoms with Crippen molar-refractivity contribution < 1.29 is 9.53 Å². The maximum Gasteiger partial charge on any atom is 0.250 e. The molecule has 1 heterocycles. The van der Waals surface area contributed by atoms with E-state index < -0.39 is 0 Å². The Bertz CT molecular complexity index is 209.